The lowest BCUT2D eigenvalue weighted by Crippen LogP contribution is -2.44. The summed E-state index contributed by atoms with van der Waals surface area (Å²) in [5.41, 5.74) is 0.636. The molecule has 1 fully saturated rings. The second-order valence-corrected chi connectivity index (χ2v) is 11.0. The number of hydrogen-bond donors (Lipinski definition) is 0. The van der Waals surface area contributed by atoms with Crippen LogP contribution >= 0.6 is 0 Å². The van der Waals surface area contributed by atoms with Crippen molar-refractivity contribution in [1.29, 1.82) is 0 Å². The van der Waals surface area contributed by atoms with E-state index in [2.05, 4.69) is 28.6 Å². The summed E-state index contributed by atoms with van der Waals surface area (Å²) in [4.78, 5) is 4.14. The van der Waals surface area contributed by atoms with Crippen molar-refractivity contribution < 1.29 is 0 Å². The van der Waals surface area contributed by atoms with E-state index in [1.807, 2.05) is 6.33 Å². The van der Waals surface area contributed by atoms with E-state index in [1.165, 1.54) is 56.7 Å². The molecule has 1 aliphatic rings. The summed E-state index contributed by atoms with van der Waals surface area (Å²) in [6.07, 6.45) is 12.1. The van der Waals surface area contributed by atoms with Crippen LogP contribution < -0.4 is 0 Å². The van der Waals surface area contributed by atoms with E-state index < -0.39 is 8.07 Å². The van der Waals surface area contributed by atoms with Crippen LogP contribution in [0.4, 0.5) is 0 Å². The van der Waals surface area contributed by atoms with Gasteiger partial charge in [0.05, 0.1) is 8.07 Å². The van der Waals surface area contributed by atoms with Crippen molar-refractivity contribution >= 4 is 8.07 Å². The minimum absolute atomic E-state index is 0.636. The van der Waals surface area contributed by atoms with Crippen LogP contribution in [0.15, 0.2) is 12.7 Å². The molecule has 0 N–H and O–H groups in total. The third kappa shape index (κ3) is 3.02. The third-order valence-electron chi connectivity index (χ3n) is 4.85. The highest BCUT2D eigenvalue weighted by molar-refractivity contribution is 6.80. The van der Waals surface area contributed by atoms with Crippen LogP contribution in [0.1, 0.15) is 58.0 Å². The highest BCUT2D eigenvalue weighted by atomic mass is 28.3. The van der Waals surface area contributed by atoms with E-state index in [9.17, 15) is 0 Å². The van der Waals surface area contributed by atoms with Gasteiger partial charge in [0.1, 0.15) is 12.7 Å². The fourth-order valence-electron chi connectivity index (χ4n) is 3.56. The molecule has 0 radical (unpaired) electrons. The Morgan fingerprint density at radius 2 is 2.00 bits per heavy atom. The molecule has 0 bridgehead atoms. The summed E-state index contributed by atoms with van der Waals surface area (Å²) >= 11 is 0. The number of nitrogens with zero attached hydrogens (tertiary/aromatic N) is 3. The average molecular weight is 265 g/mol. The molecule has 1 aromatic heterocycles. The monoisotopic (exact) mass is 265 g/mol. The van der Waals surface area contributed by atoms with Gasteiger partial charge in [0, 0.05) is 5.67 Å². The van der Waals surface area contributed by atoms with Crippen molar-refractivity contribution in [3.63, 3.8) is 0 Å². The molecule has 18 heavy (non-hydrogen) atoms. The van der Waals surface area contributed by atoms with Gasteiger partial charge in [-0.15, -0.1) is 0 Å². The molecule has 0 aromatic carbocycles. The van der Waals surface area contributed by atoms with Crippen molar-refractivity contribution in [1.82, 2.24) is 14.8 Å². The molecule has 1 unspecified atom stereocenters. The molecule has 2 heterocycles. The largest absolute Gasteiger partial charge is 0.253 e. The quantitative estimate of drug-likeness (QED) is 0.570. The molecule has 2 rings (SSSR count). The maximum atomic E-state index is 4.40. The molecule has 102 valence electrons. The van der Waals surface area contributed by atoms with Crippen molar-refractivity contribution in [2.45, 2.75) is 76.2 Å². The van der Waals surface area contributed by atoms with Gasteiger partial charge < -0.3 is 0 Å². The first-order valence-electron chi connectivity index (χ1n) is 7.62. The predicted molar refractivity (Wildman–Crippen MR) is 78.3 cm³/mol. The summed E-state index contributed by atoms with van der Waals surface area (Å²) in [5, 5.41) is 4.40. The Hall–Kier alpha value is -0.643. The zero-order valence-electron chi connectivity index (χ0n) is 11.9. The molecule has 0 saturated carbocycles. The van der Waals surface area contributed by atoms with Crippen LogP contribution in [0.2, 0.25) is 18.1 Å². The van der Waals surface area contributed by atoms with Gasteiger partial charge in [-0.05, 0) is 6.92 Å². The molecule has 1 saturated heterocycles. The van der Waals surface area contributed by atoms with Gasteiger partial charge in [-0.3, -0.25) is 4.68 Å². The summed E-state index contributed by atoms with van der Waals surface area (Å²) in [7, 11) is -1.17. The Morgan fingerprint density at radius 3 is 2.61 bits per heavy atom. The van der Waals surface area contributed by atoms with E-state index in [-0.39, 0.29) is 0 Å². The minimum Gasteiger partial charge on any atom is -0.253 e. The summed E-state index contributed by atoms with van der Waals surface area (Å²) in [6.45, 7) is 4.70. The predicted octanol–water partition coefficient (Wildman–Crippen LogP) is 4.20. The number of aromatic nitrogens is 3. The van der Waals surface area contributed by atoms with E-state index in [0.717, 1.165) is 0 Å². The third-order valence-corrected chi connectivity index (χ3v) is 10.9. The van der Waals surface area contributed by atoms with Crippen molar-refractivity contribution in [3.05, 3.63) is 12.7 Å². The van der Waals surface area contributed by atoms with E-state index in [1.54, 1.807) is 6.33 Å². The summed E-state index contributed by atoms with van der Waals surface area (Å²) < 4.78 is 2.14. The minimum atomic E-state index is -1.17. The first kappa shape index (κ1) is 13.8. The number of rotatable bonds is 6. The van der Waals surface area contributed by atoms with Gasteiger partial charge >= 0.3 is 0 Å². The van der Waals surface area contributed by atoms with Gasteiger partial charge in [0.25, 0.3) is 0 Å². The van der Waals surface area contributed by atoms with Crippen molar-refractivity contribution in [2.24, 2.45) is 0 Å². The first-order chi connectivity index (χ1) is 8.78. The number of unbranched alkanes of at least 4 members (excludes halogenated alkanes) is 2. The maximum Gasteiger partial charge on any atom is 0.137 e. The van der Waals surface area contributed by atoms with Crippen LogP contribution in [-0.4, -0.2) is 22.8 Å². The second kappa shape index (κ2) is 6.50. The van der Waals surface area contributed by atoms with Gasteiger partial charge in [0.2, 0.25) is 0 Å². The Balaban J connectivity index is 2.08. The Kier molecular flexibility index (Phi) is 4.98. The summed E-state index contributed by atoms with van der Waals surface area (Å²) in [6, 6.07) is 4.53. The standard InChI is InChI=1S/C14H27N3Si/c1-3-4-6-9-18(10-7-5-8-11-18)14(2)17-13-15-12-16-17/h12-14H,3-11H2,1-2H3. The smallest absolute Gasteiger partial charge is 0.137 e. The van der Waals surface area contributed by atoms with E-state index in [0.29, 0.717) is 5.67 Å². The van der Waals surface area contributed by atoms with Gasteiger partial charge in [-0.1, -0.05) is 63.6 Å². The van der Waals surface area contributed by atoms with Gasteiger partial charge in [-0.25, -0.2) is 4.98 Å². The molecular weight excluding hydrogens is 238 g/mol. The Morgan fingerprint density at radius 1 is 1.22 bits per heavy atom. The number of hydrogen-bond acceptors (Lipinski definition) is 2. The topological polar surface area (TPSA) is 30.7 Å². The molecular formula is C14H27N3Si. The molecule has 0 amide bonds. The van der Waals surface area contributed by atoms with Crippen LogP contribution in [0.3, 0.4) is 0 Å². The molecule has 0 spiro atoms. The lowest BCUT2D eigenvalue weighted by atomic mass is 10.3. The summed E-state index contributed by atoms with van der Waals surface area (Å²) in [5.74, 6) is 0. The molecule has 1 aliphatic heterocycles. The SMILES string of the molecule is CCCCC[Si]1(C(C)n2cncn2)CCCCC1. The molecule has 1 aromatic rings. The lowest BCUT2D eigenvalue weighted by molar-refractivity contribution is 0.565. The molecule has 4 heteroatoms. The highest BCUT2D eigenvalue weighted by Crippen LogP contribution is 2.40. The Bertz CT molecular complexity index is 331. The van der Waals surface area contributed by atoms with Gasteiger partial charge in [-0.2, -0.15) is 5.10 Å². The maximum absolute atomic E-state index is 4.40. The van der Waals surface area contributed by atoms with E-state index in [4.69, 9.17) is 0 Å². The molecule has 0 aliphatic carbocycles. The van der Waals surface area contributed by atoms with Crippen molar-refractivity contribution in [2.75, 3.05) is 0 Å². The molecule has 3 nitrogen and oxygen atoms in total. The van der Waals surface area contributed by atoms with Crippen LogP contribution in [0, 0.1) is 0 Å². The second-order valence-electron chi connectivity index (χ2n) is 5.93. The van der Waals surface area contributed by atoms with E-state index >= 15 is 0 Å². The van der Waals surface area contributed by atoms with Crippen LogP contribution in [0.5, 0.6) is 0 Å². The van der Waals surface area contributed by atoms with Crippen LogP contribution in [0.25, 0.3) is 0 Å². The van der Waals surface area contributed by atoms with Crippen LogP contribution in [-0.2, 0) is 0 Å². The average Bonchev–Trinajstić information content (AvgIpc) is 2.93. The normalized spacial score (nSPS) is 20.8. The fourth-order valence-corrected chi connectivity index (χ4v) is 9.12. The Labute approximate surface area is 112 Å². The molecule has 1 atom stereocenters. The highest BCUT2D eigenvalue weighted by Gasteiger charge is 2.40. The van der Waals surface area contributed by atoms with Gasteiger partial charge in [0.15, 0.2) is 0 Å². The fraction of sp³-hybridized carbons (Fsp3) is 0.857. The first-order valence-corrected chi connectivity index (χ1v) is 10.3. The lowest BCUT2D eigenvalue weighted by Gasteiger charge is -2.40. The zero-order valence-corrected chi connectivity index (χ0v) is 12.9. The zero-order chi connectivity index (χ0) is 12.8. The van der Waals surface area contributed by atoms with Crippen molar-refractivity contribution in [3.8, 4) is 0 Å².